The van der Waals surface area contributed by atoms with Crippen LogP contribution in [0.3, 0.4) is 0 Å². The molecule has 0 saturated carbocycles. The SMILES string of the molecule is Cc1ccc(-c2nsc(N)c2Cl)c(C)c1. The minimum absolute atomic E-state index is 0.562. The number of hydrogen-bond acceptors (Lipinski definition) is 3. The summed E-state index contributed by atoms with van der Waals surface area (Å²) < 4.78 is 4.26. The molecule has 2 rings (SSSR count). The maximum Gasteiger partial charge on any atom is 0.126 e. The standard InChI is InChI=1S/C11H11ClN2S/c1-6-3-4-8(7(2)5-6)10-9(12)11(13)15-14-10/h3-5H,13H2,1-2H3. The Kier molecular flexibility index (Phi) is 2.67. The van der Waals surface area contributed by atoms with Gasteiger partial charge in [0.2, 0.25) is 0 Å². The fraction of sp³-hybridized carbons (Fsp3) is 0.182. The van der Waals surface area contributed by atoms with Crippen molar-refractivity contribution in [2.45, 2.75) is 13.8 Å². The lowest BCUT2D eigenvalue weighted by atomic mass is 10.0. The van der Waals surface area contributed by atoms with Gasteiger partial charge in [0, 0.05) is 5.56 Å². The molecular weight excluding hydrogens is 228 g/mol. The molecule has 2 aromatic rings. The number of aromatic nitrogens is 1. The first-order valence-electron chi connectivity index (χ1n) is 4.58. The number of nitrogen functional groups attached to an aromatic ring is 1. The summed E-state index contributed by atoms with van der Waals surface area (Å²) in [6.45, 7) is 4.11. The van der Waals surface area contributed by atoms with Crippen LogP contribution < -0.4 is 5.73 Å². The topological polar surface area (TPSA) is 38.9 Å². The minimum Gasteiger partial charge on any atom is -0.388 e. The number of nitrogens with zero attached hydrogens (tertiary/aromatic N) is 1. The first-order valence-corrected chi connectivity index (χ1v) is 5.73. The summed E-state index contributed by atoms with van der Waals surface area (Å²) in [7, 11) is 0. The monoisotopic (exact) mass is 238 g/mol. The first kappa shape index (κ1) is 10.5. The molecule has 2 N–H and O–H groups in total. The number of nitrogens with two attached hydrogens (primary N) is 1. The molecule has 0 radical (unpaired) electrons. The van der Waals surface area contributed by atoms with E-state index in [9.17, 15) is 0 Å². The molecule has 0 fully saturated rings. The summed E-state index contributed by atoms with van der Waals surface area (Å²) in [4.78, 5) is 0. The summed E-state index contributed by atoms with van der Waals surface area (Å²) in [5.41, 5.74) is 9.93. The van der Waals surface area contributed by atoms with Gasteiger partial charge in [-0.2, -0.15) is 4.37 Å². The van der Waals surface area contributed by atoms with Crippen LogP contribution in [0.2, 0.25) is 5.02 Å². The molecule has 0 atom stereocenters. The van der Waals surface area contributed by atoms with Crippen molar-refractivity contribution >= 4 is 28.1 Å². The van der Waals surface area contributed by atoms with Crippen LogP contribution in [0.5, 0.6) is 0 Å². The molecule has 1 aromatic heterocycles. The zero-order chi connectivity index (χ0) is 11.0. The maximum atomic E-state index is 6.08. The number of aryl methyl sites for hydroxylation is 2. The molecule has 0 spiro atoms. The third-order valence-corrected chi connectivity index (χ3v) is 3.47. The van der Waals surface area contributed by atoms with E-state index >= 15 is 0 Å². The fourth-order valence-electron chi connectivity index (χ4n) is 1.54. The van der Waals surface area contributed by atoms with Gasteiger partial charge in [0.25, 0.3) is 0 Å². The Hall–Kier alpha value is -1.06. The Morgan fingerprint density at radius 3 is 2.60 bits per heavy atom. The molecule has 2 nitrogen and oxygen atoms in total. The quantitative estimate of drug-likeness (QED) is 0.824. The Morgan fingerprint density at radius 2 is 2.07 bits per heavy atom. The molecule has 78 valence electrons. The molecule has 1 heterocycles. The Labute approximate surface area is 97.9 Å². The van der Waals surface area contributed by atoms with Gasteiger partial charge in [-0.15, -0.1) is 0 Å². The van der Waals surface area contributed by atoms with Crippen LogP contribution in [0.1, 0.15) is 11.1 Å². The molecule has 0 bridgehead atoms. The summed E-state index contributed by atoms with van der Waals surface area (Å²) >= 11 is 7.31. The fourth-order valence-corrected chi connectivity index (χ4v) is 2.39. The lowest BCUT2D eigenvalue weighted by Gasteiger charge is -2.04. The molecule has 15 heavy (non-hydrogen) atoms. The van der Waals surface area contributed by atoms with Crippen molar-refractivity contribution in [3.8, 4) is 11.3 Å². The van der Waals surface area contributed by atoms with Gasteiger partial charge >= 0.3 is 0 Å². The molecule has 0 aliphatic rings. The van der Waals surface area contributed by atoms with Crippen molar-refractivity contribution in [1.82, 2.24) is 4.37 Å². The molecule has 4 heteroatoms. The molecule has 0 saturated heterocycles. The van der Waals surface area contributed by atoms with E-state index in [-0.39, 0.29) is 0 Å². The smallest absolute Gasteiger partial charge is 0.126 e. The van der Waals surface area contributed by atoms with Crippen LogP contribution >= 0.6 is 23.1 Å². The number of hydrogen-bond donors (Lipinski definition) is 1. The van der Waals surface area contributed by atoms with E-state index < -0.39 is 0 Å². The van der Waals surface area contributed by atoms with Gasteiger partial charge in [-0.25, -0.2) is 0 Å². The van der Waals surface area contributed by atoms with Crippen molar-refractivity contribution in [2.75, 3.05) is 5.73 Å². The first-order chi connectivity index (χ1) is 7.09. The largest absolute Gasteiger partial charge is 0.388 e. The van der Waals surface area contributed by atoms with Crippen LogP contribution in [0.4, 0.5) is 5.00 Å². The van der Waals surface area contributed by atoms with Crippen molar-refractivity contribution in [2.24, 2.45) is 0 Å². The lowest BCUT2D eigenvalue weighted by molar-refractivity contribution is 1.36. The van der Waals surface area contributed by atoms with Gasteiger partial charge in [-0.05, 0) is 30.9 Å². The lowest BCUT2D eigenvalue weighted by Crippen LogP contribution is -1.86. The molecule has 0 amide bonds. The Bertz CT molecular complexity index is 505. The Morgan fingerprint density at radius 1 is 1.33 bits per heavy atom. The zero-order valence-electron chi connectivity index (χ0n) is 8.54. The highest BCUT2D eigenvalue weighted by atomic mass is 35.5. The van der Waals surface area contributed by atoms with Crippen molar-refractivity contribution in [3.63, 3.8) is 0 Å². The summed E-state index contributed by atoms with van der Waals surface area (Å²) in [5, 5.41) is 1.14. The van der Waals surface area contributed by atoms with Crippen molar-refractivity contribution < 1.29 is 0 Å². The number of anilines is 1. The minimum atomic E-state index is 0.562. The van der Waals surface area contributed by atoms with Gasteiger partial charge in [0.1, 0.15) is 15.7 Å². The maximum absolute atomic E-state index is 6.08. The van der Waals surface area contributed by atoms with Gasteiger partial charge in [-0.3, -0.25) is 0 Å². The van der Waals surface area contributed by atoms with E-state index in [1.165, 1.54) is 22.7 Å². The van der Waals surface area contributed by atoms with Crippen molar-refractivity contribution in [1.29, 1.82) is 0 Å². The summed E-state index contributed by atoms with van der Waals surface area (Å²) in [6.07, 6.45) is 0. The predicted molar refractivity (Wildman–Crippen MR) is 66.4 cm³/mol. The van der Waals surface area contributed by atoms with Gasteiger partial charge in [-0.1, -0.05) is 35.4 Å². The Balaban J connectivity index is 2.59. The summed E-state index contributed by atoms with van der Waals surface area (Å²) in [6, 6.07) is 6.19. The average Bonchev–Trinajstić information content (AvgIpc) is 2.49. The molecule has 0 unspecified atom stereocenters. The second-order valence-corrected chi connectivity index (χ2v) is 4.71. The highest BCUT2D eigenvalue weighted by Gasteiger charge is 2.12. The number of halogens is 1. The highest BCUT2D eigenvalue weighted by Crippen LogP contribution is 2.36. The third kappa shape index (κ3) is 1.85. The third-order valence-electron chi connectivity index (χ3n) is 2.30. The normalized spacial score (nSPS) is 10.6. The van der Waals surface area contributed by atoms with Crippen LogP contribution in [0, 0.1) is 13.8 Å². The summed E-state index contributed by atoms with van der Waals surface area (Å²) in [5.74, 6) is 0. The van der Waals surface area contributed by atoms with Crippen LogP contribution in [0.25, 0.3) is 11.3 Å². The molecule has 1 aromatic carbocycles. The second kappa shape index (κ2) is 3.83. The van der Waals surface area contributed by atoms with Gasteiger partial charge < -0.3 is 5.73 Å². The van der Waals surface area contributed by atoms with E-state index in [2.05, 4.69) is 17.4 Å². The van der Waals surface area contributed by atoms with E-state index in [1.54, 1.807) is 0 Å². The van der Waals surface area contributed by atoms with E-state index in [1.807, 2.05) is 19.1 Å². The average molecular weight is 239 g/mol. The van der Waals surface area contributed by atoms with Gasteiger partial charge in [0.05, 0.1) is 0 Å². The number of rotatable bonds is 1. The van der Waals surface area contributed by atoms with Crippen LogP contribution in [0.15, 0.2) is 18.2 Å². The molecular formula is C11H11ClN2S. The van der Waals surface area contributed by atoms with E-state index in [0.717, 1.165) is 11.3 Å². The zero-order valence-corrected chi connectivity index (χ0v) is 10.1. The van der Waals surface area contributed by atoms with Crippen LogP contribution in [-0.4, -0.2) is 4.37 Å². The molecule has 0 aliphatic carbocycles. The highest BCUT2D eigenvalue weighted by molar-refractivity contribution is 7.11. The second-order valence-electron chi connectivity index (χ2n) is 3.53. The number of benzene rings is 1. The van der Waals surface area contributed by atoms with E-state index in [0.29, 0.717) is 10.0 Å². The van der Waals surface area contributed by atoms with Gasteiger partial charge in [0.15, 0.2) is 0 Å². The predicted octanol–water partition coefficient (Wildman–Crippen LogP) is 3.66. The van der Waals surface area contributed by atoms with Crippen molar-refractivity contribution in [3.05, 3.63) is 34.3 Å². The molecule has 0 aliphatic heterocycles. The van der Waals surface area contributed by atoms with E-state index in [4.69, 9.17) is 17.3 Å². The van der Waals surface area contributed by atoms with Crippen LogP contribution in [-0.2, 0) is 0 Å².